The Bertz CT molecular complexity index is 1520. The number of pyridine rings is 1. The Labute approximate surface area is 269 Å². The molecule has 0 radical (unpaired) electrons. The molecule has 2 aromatic heterocycles. The second-order valence-corrected chi connectivity index (χ2v) is 13.8. The first-order valence-corrected chi connectivity index (χ1v) is 16.2. The molecule has 11 heteroatoms. The molecule has 2 fully saturated rings. The van der Waals surface area contributed by atoms with Crippen LogP contribution in [-0.4, -0.2) is 52.4 Å². The van der Waals surface area contributed by atoms with E-state index >= 15 is 0 Å². The van der Waals surface area contributed by atoms with E-state index in [1.807, 2.05) is 20.8 Å². The molecule has 1 aliphatic heterocycles. The van der Waals surface area contributed by atoms with Gasteiger partial charge in [-0.2, -0.15) is 0 Å². The number of aliphatic hydroxyl groups excluding tert-OH is 1. The molecule has 0 unspecified atom stereocenters. The van der Waals surface area contributed by atoms with Gasteiger partial charge in [0.15, 0.2) is 0 Å². The van der Waals surface area contributed by atoms with E-state index < -0.39 is 58.2 Å². The van der Waals surface area contributed by atoms with E-state index in [4.69, 9.17) is 23.4 Å². The number of unbranched alkanes of at least 4 members (excludes halogenated alkanes) is 2. The highest BCUT2D eigenvalue weighted by molar-refractivity contribution is 5.70. The van der Waals surface area contributed by atoms with Gasteiger partial charge in [0.05, 0.1) is 6.10 Å². The van der Waals surface area contributed by atoms with Crippen LogP contribution in [0.5, 0.6) is 5.75 Å². The quantitative estimate of drug-likeness (QED) is 0.216. The van der Waals surface area contributed by atoms with Crippen molar-refractivity contribution in [2.75, 3.05) is 6.61 Å². The van der Waals surface area contributed by atoms with Crippen LogP contribution in [0.2, 0.25) is 0 Å². The van der Waals surface area contributed by atoms with Crippen LogP contribution in [0.15, 0.2) is 39.8 Å². The van der Waals surface area contributed by atoms with Crippen molar-refractivity contribution in [2.45, 2.75) is 110 Å². The number of esters is 3. The van der Waals surface area contributed by atoms with Crippen molar-refractivity contribution in [3.05, 3.63) is 46.6 Å². The first kappa shape index (κ1) is 33.6. The van der Waals surface area contributed by atoms with Crippen molar-refractivity contribution >= 4 is 17.9 Å². The van der Waals surface area contributed by atoms with Crippen LogP contribution in [-0.2, 0) is 28.6 Å². The summed E-state index contributed by atoms with van der Waals surface area (Å²) in [6.07, 6.45) is 4.29. The van der Waals surface area contributed by atoms with Gasteiger partial charge in [-0.3, -0.25) is 19.4 Å². The SMILES string of the molecule is CCCCCC(=O)O[C@H]1C[C@H]2[C@](C)(COC(C)=O)[C@@H](OC(C)=O)CC[C@]2(C)[C@H]2[C@@H](O)c3c(cc(-c4cccnc4)oc3=O)O[C@]12C. The fourth-order valence-electron chi connectivity index (χ4n) is 8.57. The molecule has 3 heterocycles. The number of hydrogen-bond donors (Lipinski definition) is 1. The third-order valence-electron chi connectivity index (χ3n) is 10.7. The van der Waals surface area contributed by atoms with E-state index in [9.17, 15) is 24.3 Å². The Morgan fingerprint density at radius 2 is 1.85 bits per heavy atom. The Hall–Kier alpha value is -3.73. The largest absolute Gasteiger partial charge is 0.482 e. The molecule has 5 rings (SSSR count). The predicted octanol–water partition coefficient (Wildman–Crippen LogP) is 5.32. The summed E-state index contributed by atoms with van der Waals surface area (Å²) in [6.45, 7) is 10.4. The summed E-state index contributed by atoms with van der Waals surface area (Å²) in [5.41, 5.74) is -3.08. The maximum atomic E-state index is 13.6. The summed E-state index contributed by atoms with van der Waals surface area (Å²) >= 11 is 0. The van der Waals surface area contributed by atoms with Gasteiger partial charge in [0.2, 0.25) is 0 Å². The Balaban J connectivity index is 1.64. The highest BCUT2D eigenvalue weighted by Gasteiger charge is 2.70. The second-order valence-electron chi connectivity index (χ2n) is 13.8. The maximum absolute atomic E-state index is 13.6. The van der Waals surface area contributed by atoms with Crippen LogP contribution in [0.3, 0.4) is 0 Å². The molecule has 250 valence electrons. The normalized spacial score (nSPS) is 33.0. The van der Waals surface area contributed by atoms with Gasteiger partial charge in [-0.25, -0.2) is 4.79 Å². The molecule has 2 aromatic rings. The van der Waals surface area contributed by atoms with Crippen LogP contribution in [0.1, 0.15) is 98.2 Å². The zero-order valence-electron chi connectivity index (χ0n) is 27.5. The van der Waals surface area contributed by atoms with E-state index in [0.29, 0.717) is 24.8 Å². The summed E-state index contributed by atoms with van der Waals surface area (Å²) in [5.74, 6) is -2.07. The molecule has 46 heavy (non-hydrogen) atoms. The minimum atomic E-state index is -1.34. The number of aromatic nitrogens is 1. The summed E-state index contributed by atoms with van der Waals surface area (Å²) in [6, 6.07) is 5.05. The Kier molecular flexibility index (Phi) is 9.37. The van der Waals surface area contributed by atoms with E-state index in [0.717, 1.165) is 12.8 Å². The number of rotatable bonds is 9. The lowest BCUT2D eigenvalue weighted by Gasteiger charge is -2.66. The number of carbonyl (C=O) groups is 3. The molecule has 2 saturated carbocycles. The van der Waals surface area contributed by atoms with Gasteiger partial charge in [-0.1, -0.05) is 33.6 Å². The third-order valence-corrected chi connectivity index (χ3v) is 10.7. The molecule has 3 aliphatic rings. The summed E-state index contributed by atoms with van der Waals surface area (Å²) in [7, 11) is 0. The maximum Gasteiger partial charge on any atom is 0.345 e. The van der Waals surface area contributed by atoms with Gasteiger partial charge in [0.1, 0.15) is 41.5 Å². The van der Waals surface area contributed by atoms with Gasteiger partial charge in [-0.15, -0.1) is 0 Å². The van der Waals surface area contributed by atoms with Gasteiger partial charge < -0.3 is 28.5 Å². The second kappa shape index (κ2) is 12.8. The van der Waals surface area contributed by atoms with E-state index in [1.165, 1.54) is 13.8 Å². The van der Waals surface area contributed by atoms with Crippen molar-refractivity contribution in [1.29, 1.82) is 0 Å². The smallest absolute Gasteiger partial charge is 0.345 e. The number of carbonyl (C=O) groups excluding carboxylic acids is 3. The lowest BCUT2D eigenvalue weighted by atomic mass is 9.42. The molecule has 2 aliphatic carbocycles. The monoisotopic (exact) mass is 639 g/mol. The summed E-state index contributed by atoms with van der Waals surface area (Å²) in [4.78, 5) is 55.3. The molecular formula is C35H45NO10. The topological polar surface area (TPSA) is 151 Å². The number of hydrogen-bond acceptors (Lipinski definition) is 11. The van der Waals surface area contributed by atoms with E-state index in [2.05, 4.69) is 11.9 Å². The van der Waals surface area contributed by atoms with Crippen molar-refractivity contribution in [3.63, 3.8) is 0 Å². The lowest BCUT2D eigenvalue weighted by molar-refractivity contribution is -0.271. The van der Waals surface area contributed by atoms with E-state index in [-0.39, 0.29) is 48.4 Å². The average molecular weight is 640 g/mol. The first-order chi connectivity index (χ1) is 21.7. The number of ether oxygens (including phenoxy) is 4. The number of fused-ring (bicyclic) bond motifs is 4. The standard InChI is InChI=1S/C35H45NO10/c1-7-8-9-12-28(39)45-27-17-25-33(4,14-13-26(43-21(3)38)34(25,5)19-42-20(2)37)31-30(40)29-24(46-35(27,31)6)16-23(44-32(29)41)22-11-10-15-36-18-22/h10-11,15-16,18,25-27,30-31,40H,7-9,12-14,17,19H2,1-6H3/t25-,26+,27+,30+,31-,33+,34+,35-/m1/s1. The Morgan fingerprint density at radius 3 is 2.50 bits per heavy atom. The highest BCUT2D eigenvalue weighted by Crippen LogP contribution is 2.67. The van der Waals surface area contributed by atoms with Crippen LogP contribution in [0.4, 0.5) is 0 Å². The lowest BCUT2D eigenvalue weighted by Crippen LogP contribution is -2.71. The molecule has 0 aromatic carbocycles. The zero-order chi connectivity index (χ0) is 33.4. The van der Waals surface area contributed by atoms with Crippen LogP contribution < -0.4 is 10.4 Å². The molecule has 0 spiro atoms. The van der Waals surface area contributed by atoms with Gasteiger partial charge >= 0.3 is 23.5 Å². The van der Waals surface area contributed by atoms with E-state index in [1.54, 1.807) is 30.6 Å². The molecular weight excluding hydrogens is 594 g/mol. The van der Waals surface area contributed by atoms with Gasteiger partial charge in [0.25, 0.3) is 0 Å². The molecule has 1 N–H and O–H groups in total. The van der Waals surface area contributed by atoms with Crippen molar-refractivity contribution in [1.82, 2.24) is 4.98 Å². The molecule has 0 amide bonds. The van der Waals surface area contributed by atoms with Gasteiger partial charge in [-0.05, 0) is 56.1 Å². The van der Waals surface area contributed by atoms with Crippen LogP contribution >= 0.6 is 0 Å². The van der Waals surface area contributed by atoms with Crippen molar-refractivity contribution in [2.24, 2.45) is 22.7 Å². The first-order valence-electron chi connectivity index (χ1n) is 16.2. The molecule has 0 saturated heterocycles. The van der Waals surface area contributed by atoms with Crippen LogP contribution in [0.25, 0.3) is 11.3 Å². The van der Waals surface area contributed by atoms with Gasteiger partial charge in [0, 0.05) is 55.6 Å². The summed E-state index contributed by atoms with van der Waals surface area (Å²) in [5, 5.41) is 12.2. The third kappa shape index (κ3) is 5.94. The summed E-state index contributed by atoms with van der Waals surface area (Å²) < 4.78 is 30.1. The van der Waals surface area contributed by atoms with Crippen molar-refractivity contribution in [3.8, 4) is 17.1 Å². The number of aliphatic hydroxyl groups is 1. The highest BCUT2D eigenvalue weighted by atomic mass is 16.6. The minimum absolute atomic E-state index is 0.00573. The average Bonchev–Trinajstić information content (AvgIpc) is 2.99. The zero-order valence-corrected chi connectivity index (χ0v) is 27.5. The fourth-order valence-corrected chi connectivity index (χ4v) is 8.57. The van der Waals surface area contributed by atoms with Crippen molar-refractivity contribution < 1.29 is 42.9 Å². The minimum Gasteiger partial charge on any atom is -0.482 e. The number of nitrogens with zero attached hydrogens (tertiary/aromatic N) is 1. The molecule has 11 nitrogen and oxygen atoms in total. The molecule has 8 atom stereocenters. The fraction of sp³-hybridized carbons (Fsp3) is 0.629. The molecule has 0 bridgehead atoms. The predicted molar refractivity (Wildman–Crippen MR) is 165 cm³/mol. The van der Waals surface area contributed by atoms with Crippen LogP contribution in [0, 0.1) is 22.7 Å². The Morgan fingerprint density at radius 1 is 1.09 bits per heavy atom.